The lowest BCUT2D eigenvalue weighted by molar-refractivity contribution is 0.0133. The number of rotatable bonds is 3. The summed E-state index contributed by atoms with van der Waals surface area (Å²) in [4.78, 5) is 33.6. The number of nitrogens with zero attached hydrogens (tertiary/aromatic N) is 3. The summed E-state index contributed by atoms with van der Waals surface area (Å²) in [6, 6.07) is 11.4. The summed E-state index contributed by atoms with van der Waals surface area (Å²) in [5, 5.41) is 3.03. The van der Waals surface area contributed by atoms with Gasteiger partial charge in [-0.2, -0.15) is 0 Å². The summed E-state index contributed by atoms with van der Waals surface area (Å²) in [6.45, 7) is 5.61. The van der Waals surface area contributed by atoms with Gasteiger partial charge in [0.25, 0.3) is 11.8 Å². The summed E-state index contributed by atoms with van der Waals surface area (Å²) in [6.07, 6.45) is 9.55. The Labute approximate surface area is 292 Å². The highest BCUT2D eigenvalue weighted by Crippen LogP contribution is 2.42. The van der Waals surface area contributed by atoms with Gasteiger partial charge in [0.1, 0.15) is 21.4 Å². The van der Waals surface area contributed by atoms with Crippen LogP contribution in [0.1, 0.15) is 76.0 Å². The average molecular weight is 711 g/mol. The molecule has 1 aromatic heterocycles. The number of allylic oxidation sites excluding steroid dienone is 1. The van der Waals surface area contributed by atoms with Crippen molar-refractivity contribution < 1.29 is 23.3 Å². The van der Waals surface area contributed by atoms with Gasteiger partial charge in [-0.25, -0.2) is 9.19 Å². The lowest BCUT2D eigenvalue weighted by Crippen LogP contribution is -2.43. The molecule has 1 N–H and O–H groups in total. The average Bonchev–Trinajstić information content (AvgIpc) is 3.47. The standard InChI is InChI=1S/C36H43ClN4O5S2/c1-23-7-6-9-33(45-3)30-14-11-28(30)20-41-19-27-10-13-29(37)17-25(27)8-4-5-16-46-34-15-12-26(18-32(34)41)35(42)39-48(44,22-23)40-36(43)31-21-47-24(2)38-31/h6,9-10,12-13,15,17-18,21,23,28,30,33H,4-5,7-8,11,14,16,19-20,22H2,1-3H3,(H,39,40,42,43,44)/b9-6+/t23-,28-,30+,33-,48?/m0/s1. The minimum atomic E-state index is -3.52. The highest BCUT2D eigenvalue weighted by Gasteiger charge is 2.38. The lowest BCUT2D eigenvalue weighted by Gasteiger charge is -2.43. The van der Waals surface area contributed by atoms with Crippen LogP contribution >= 0.6 is 22.9 Å². The zero-order chi connectivity index (χ0) is 33.8. The number of carbonyl (C=O) groups excluding carboxylic acids is 2. The van der Waals surface area contributed by atoms with Gasteiger partial charge in [-0.15, -0.1) is 15.7 Å². The van der Waals surface area contributed by atoms with E-state index in [4.69, 9.17) is 21.1 Å². The van der Waals surface area contributed by atoms with Gasteiger partial charge in [-0.1, -0.05) is 36.7 Å². The van der Waals surface area contributed by atoms with Crippen molar-refractivity contribution in [3.63, 3.8) is 0 Å². The van der Waals surface area contributed by atoms with Crippen LogP contribution in [0.15, 0.2) is 58.3 Å². The van der Waals surface area contributed by atoms with Crippen molar-refractivity contribution in [2.75, 3.05) is 30.9 Å². The highest BCUT2D eigenvalue weighted by atomic mass is 35.5. The van der Waals surface area contributed by atoms with Crippen LogP contribution in [-0.2, 0) is 27.6 Å². The number of methoxy groups -OCH3 is 1. The van der Waals surface area contributed by atoms with Crippen LogP contribution in [-0.4, -0.2) is 53.1 Å². The molecular formula is C36H43ClN4O5S2. The van der Waals surface area contributed by atoms with E-state index < -0.39 is 21.7 Å². The molecule has 1 aliphatic carbocycles. The van der Waals surface area contributed by atoms with Gasteiger partial charge in [-0.3, -0.25) is 14.3 Å². The van der Waals surface area contributed by atoms with Crippen LogP contribution in [0.3, 0.4) is 0 Å². The van der Waals surface area contributed by atoms with Crippen LogP contribution in [0, 0.1) is 24.7 Å². The molecule has 12 heteroatoms. The van der Waals surface area contributed by atoms with Gasteiger partial charge in [0, 0.05) is 36.2 Å². The third-order valence-corrected chi connectivity index (χ3v) is 12.5. The molecule has 0 saturated heterocycles. The van der Waals surface area contributed by atoms with Gasteiger partial charge in [0.05, 0.1) is 29.2 Å². The summed E-state index contributed by atoms with van der Waals surface area (Å²) in [5.41, 5.74) is 3.60. The summed E-state index contributed by atoms with van der Waals surface area (Å²) < 4.78 is 33.6. The molecule has 1 saturated carbocycles. The first-order valence-electron chi connectivity index (χ1n) is 16.6. The topological polar surface area (TPSA) is 110 Å². The molecule has 2 amide bonds. The second-order valence-corrected chi connectivity index (χ2v) is 16.6. The number of nitrogens with one attached hydrogen (secondary N) is 1. The molecule has 256 valence electrons. The molecule has 2 aliphatic heterocycles. The minimum Gasteiger partial charge on any atom is -0.491 e. The second kappa shape index (κ2) is 15.1. The number of halogens is 1. The van der Waals surface area contributed by atoms with Crippen molar-refractivity contribution in [1.29, 1.82) is 0 Å². The van der Waals surface area contributed by atoms with Crippen LogP contribution in [0.5, 0.6) is 5.75 Å². The molecule has 2 aromatic carbocycles. The number of benzene rings is 2. The number of amides is 2. The maximum atomic E-state index is 14.4. The van der Waals surface area contributed by atoms with Crippen LogP contribution in [0.2, 0.25) is 5.02 Å². The molecule has 1 fully saturated rings. The number of aryl methyl sites for hydroxylation is 2. The Kier molecular flexibility index (Phi) is 10.9. The first kappa shape index (κ1) is 34.6. The molecule has 0 spiro atoms. The molecule has 1 unspecified atom stereocenters. The summed E-state index contributed by atoms with van der Waals surface area (Å²) >= 11 is 7.77. The second-order valence-electron chi connectivity index (χ2n) is 13.1. The fourth-order valence-electron chi connectivity index (χ4n) is 6.84. The lowest BCUT2D eigenvalue weighted by atomic mass is 9.70. The fraction of sp³-hybridized carbons (Fsp3) is 0.472. The van der Waals surface area contributed by atoms with E-state index in [-0.39, 0.29) is 29.0 Å². The Bertz CT molecular complexity index is 1820. The zero-order valence-electron chi connectivity index (χ0n) is 27.7. The number of fused-ring (bicyclic) bond motifs is 3. The molecule has 9 nitrogen and oxygen atoms in total. The molecule has 5 atom stereocenters. The van der Waals surface area contributed by atoms with E-state index in [0.717, 1.165) is 44.3 Å². The quantitative estimate of drug-likeness (QED) is 0.282. The Morgan fingerprint density at radius 3 is 2.77 bits per heavy atom. The molecule has 2 bridgehead atoms. The number of hydrogen-bond acceptors (Lipinski definition) is 8. The van der Waals surface area contributed by atoms with Crippen molar-refractivity contribution in [3.8, 4) is 5.75 Å². The molecule has 0 radical (unpaired) electrons. The van der Waals surface area contributed by atoms with Gasteiger partial charge >= 0.3 is 0 Å². The maximum absolute atomic E-state index is 14.4. The van der Waals surface area contributed by atoms with Crippen LogP contribution < -0.4 is 14.4 Å². The van der Waals surface area contributed by atoms with Gasteiger partial charge in [-0.05, 0) is 105 Å². The predicted octanol–water partition coefficient (Wildman–Crippen LogP) is 7.42. The van der Waals surface area contributed by atoms with Crippen molar-refractivity contribution in [2.24, 2.45) is 22.1 Å². The molecule has 3 heterocycles. The third-order valence-electron chi connectivity index (χ3n) is 9.51. The van der Waals surface area contributed by atoms with Gasteiger partial charge < -0.3 is 14.4 Å². The van der Waals surface area contributed by atoms with E-state index in [2.05, 4.69) is 43.3 Å². The normalized spacial score (nSPS) is 27.2. The maximum Gasteiger partial charge on any atom is 0.286 e. The first-order chi connectivity index (χ1) is 23.1. The molecule has 3 aromatic rings. The monoisotopic (exact) mass is 710 g/mol. The van der Waals surface area contributed by atoms with Crippen molar-refractivity contribution in [1.82, 2.24) is 9.71 Å². The predicted molar refractivity (Wildman–Crippen MR) is 191 cm³/mol. The summed E-state index contributed by atoms with van der Waals surface area (Å²) in [7, 11) is -1.77. The number of hydrogen-bond donors (Lipinski definition) is 1. The minimum absolute atomic E-state index is 0.00115. The van der Waals surface area contributed by atoms with Crippen LogP contribution in [0.4, 0.5) is 5.69 Å². The molecule has 6 rings (SSSR count). The molecule has 48 heavy (non-hydrogen) atoms. The van der Waals surface area contributed by atoms with E-state index in [1.54, 1.807) is 31.5 Å². The molecule has 3 aliphatic rings. The number of thiazole rings is 1. The fourth-order valence-corrected chi connectivity index (χ4v) is 9.51. The first-order valence-corrected chi connectivity index (χ1v) is 19.6. The summed E-state index contributed by atoms with van der Waals surface area (Å²) in [5.74, 6) is -0.0389. The third kappa shape index (κ3) is 8.13. The highest BCUT2D eigenvalue weighted by molar-refractivity contribution is 7.92. The molecular weight excluding hydrogens is 668 g/mol. The smallest absolute Gasteiger partial charge is 0.286 e. The Hall–Kier alpha value is -3.25. The van der Waals surface area contributed by atoms with E-state index in [1.165, 1.54) is 22.5 Å². The number of aromatic nitrogens is 1. The Balaban J connectivity index is 1.45. The number of ether oxygens (including phenoxy) is 2. The van der Waals surface area contributed by atoms with Crippen molar-refractivity contribution in [2.45, 2.75) is 65.0 Å². The SMILES string of the molecule is CO[C@H]1/C=C/C[C@H](C)CS(=O)(NC(=O)c2csc(C)n2)=NC(=O)c2ccc3c(c2)N(Cc2ccc(Cl)cc2CCCCO3)C[C@@H]2CC[C@H]21. The van der Waals surface area contributed by atoms with E-state index in [1.807, 2.05) is 19.1 Å². The largest absolute Gasteiger partial charge is 0.491 e. The van der Waals surface area contributed by atoms with Crippen molar-refractivity contribution in [3.05, 3.63) is 86.3 Å². The van der Waals surface area contributed by atoms with E-state index in [0.29, 0.717) is 47.2 Å². The van der Waals surface area contributed by atoms with Gasteiger partial charge in [0.2, 0.25) is 0 Å². The zero-order valence-corrected chi connectivity index (χ0v) is 30.0. The van der Waals surface area contributed by atoms with Gasteiger partial charge in [0.15, 0.2) is 0 Å². The number of anilines is 1. The Morgan fingerprint density at radius 2 is 2.02 bits per heavy atom. The Morgan fingerprint density at radius 1 is 1.17 bits per heavy atom. The van der Waals surface area contributed by atoms with Crippen molar-refractivity contribution >= 4 is 50.4 Å². The van der Waals surface area contributed by atoms with E-state index >= 15 is 0 Å². The number of carbonyl (C=O) groups is 2. The van der Waals surface area contributed by atoms with Crippen LogP contribution in [0.25, 0.3) is 0 Å². The van der Waals surface area contributed by atoms with E-state index in [9.17, 15) is 13.8 Å².